The lowest BCUT2D eigenvalue weighted by Gasteiger charge is -2.07. The molecule has 89 valence electrons. The Kier molecular flexibility index (Phi) is 4.32. The maximum absolute atomic E-state index is 4.50. The first-order chi connectivity index (χ1) is 8.36. The van der Waals surface area contributed by atoms with E-state index in [-0.39, 0.29) is 0 Å². The van der Waals surface area contributed by atoms with Crippen LogP contribution < -0.4 is 0 Å². The quantitative estimate of drug-likeness (QED) is 0.683. The maximum atomic E-state index is 4.50. The standard InChI is InChI=1S/C15H18NS/c1-3-5-6-8-13-12(7-4-2)9-10-14-15(13)16-11-17-14/h4,7,9-11H,2-3,5-6,8H2,1H3. The Balaban J connectivity index is 2.38. The average molecular weight is 244 g/mol. The van der Waals surface area contributed by atoms with Crippen LogP contribution in [0.5, 0.6) is 0 Å². The first-order valence-corrected chi connectivity index (χ1v) is 7.05. The summed E-state index contributed by atoms with van der Waals surface area (Å²) in [5, 5.41) is 0. The van der Waals surface area contributed by atoms with E-state index in [1.807, 2.05) is 11.6 Å². The number of hydrogen-bond donors (Lipinski definition) is 0. The Morgan fingerprint density at radius 3 is 3.00 bits per heavy atom. The summed E-state index contributed by atoms with van der Waals surface area (Å²) in [5.74, 6) is 0. The van der Waals surface area contributed by atoms with E-state index in [1.165, 1.54) is 40.6 Å². The van der Waals surface area contributed by atoms with Crippen LogP contribution in [0.3, 0.4) is 0 Å². The molecular weight excluding hydrogens is 226 g/mol. The van der Waals surface area contributed by atoms with Gasteiger partial charge in [0.15, 0.2) is 0 Å². The molecule has 0 saturated heterocycles. The first-order valence-electron chi connectivity index (χ1n) is 6.17. The molecule has 0 unspecified atom stereocenters. The molecule has 0 saturated carbocycles. The van der Waals surface area contributed by atoms with Crippen molar-refractivity contribution in [3.05, 3.63) is 41.8 Å². The van der Waals surface area contributed by atoms with Gasteiger partial charge in [-0.2, -0.15) is 0 Å². The minimum Gasteiger partial charge on any atom is -0.244 e. The molecule has 2 aromatic rings. The number of nitrogens with zero attached hydrogens (tertiary/aromatic N) is 1. The minimum absolute atomic E-state index is 1.12. The maximum Gasteiger partial charge on any atom is 0.0849 e. The zero-order chi connectivity index (χ0) is 12.1. The van der Waals surface area contributed by atoms with Gasteiger partial charge >= 0.3 is 0 Å². The lowest BCUT2D eigenvalue weighted by atomic mass is 10.00. The smallest absolute Gasteiger partial charge is 0.0849 e. The van der Waals surface area contributed by atoms with Crippen LogP contribution >= 0.6 is 11.3 Å². The van der Waals surface area contributed by atoms with Gasteiger partial charge in [-0.05, 0) is 37.0 Å². The molecule has 0 atom stereocenters. The first kappa shape index (κ1) is 12.3. The second-order valence-corrected chi connectivity index (χ2v) is 5.08. The monoisotopic (exact) mass is 244 g/mol. The van der Waals surface area contributed by atoms with Crippen molar-refractivity contribution in [3.8, 4) is 0 Å². The van der Waals surface area contributed by atoms with E-state index in [2.05, 4.69) is 37.0 Å². The van der Waals surface area contributed by atoms with Crippen LogP contribution in [-0.4, -0.2) is 4.98 Å². The van der Waals surface area contributed by atoms with Gasteiger partial charge in [0.05, 0.1) is 15.7 Å². The fraction of sp³-hybridized carbons (Fsp3) is 0.333. The molecule has 1 radical (unpaired) electrons. The van der Waals surface area contributed by atoms with E-state index in [4.69, 9.17) is 0 Å². The molecule has 1 nitrogen and oxygen atoms in total. The highest BCUT2D eigenvalue weighted by molar-refractivity contribution is 7.16. The van der Waals surface area contributed by atoms with Crippen LogP contribution in [0.1, 0.15) is 37.3 Å². The summed E-state index contributed by atoms with van der Waals surface area (Å²) < 4.78 is 1.29. The van der Waals surface area contributed by atoms with Gasteiger partial charge in [0.2, 0.25) is 0 Å². The van der Waals surface area contributed by atoms with Gasteiger partial charge in [0, 0.05) is 0 Å². The number of allylic oxidation sites excluding steroid dienone is 1. The van der Waals surface area contributed by atoms with E-state index in [9.17, 15) is 0 Å². The van der Waals surface area contributed by atoms with Crippen LogP contribution in [0.2, 0.25) is 0 Å². The summed E-state index contributed by atoms with van der Waals surface area (Å²) in [5.41, 5.74) is 5.78. The SMILES string of the molecule is [CH2]C=Cc1ccc2scnc2c1CCCCC. The Morgan fingerprint density at radius 1 is 1.35 bits per heavy atom. The predicted octanol–water partition coefficient (Wildman–Crippen LogP) is 4.88. The summed E-state index contributed by atoms with van der Waals surface area (Å²) in [6.45, 7) is 6.02. The van der Waals surface area contributed by atoms with E-state index in [0.717, 1.165) is 6.42 Å². The van der Waals surface area contributed by atoms with Crippen LogP contribution in [0.25, 0.3) is 16.3 Å². The van der Waals surface area contributed by atoms with Gasteiger partial charge in [0.25, 0.3) is 0 Å². The highest BCUT2D eigenvalue weighted by Gasteiger charge is 2.07. The zero-order valence-electron chi connectivity index (χ0n) is 10.3. The third kappa shape index (κ3) is 2.75. The highest BCUT2D eigenvalue weighted by atomic mass is 32.1. The highest BCUT2D eigenvalue weighted by Crippen LogP contribution is 2.27. The molecule has 2 heteroatoms. The largest absolute Gasteiger partial charge is 0.244 e. The third-order valence-electron chi connectivity index (χ3n) is 2.97. The molecular formula is C15H18NS. The Morgan fingerprint density at radius 2 is 2.24 bits per heavy atom. The van der Waals surface area contributed by atoms with Gasteiger partial charge in [-0.25, -0.2) is 4.98 Å². The molecule has 0 spiro atoms. The van der Waals surface area contributed by atoms with Crippen molar-refractivity contribution < 1.29 is 0 Å². The van der Waals surface area contributed by atoms with Crippen molar-refractivity contribution in [2.24, 2.45) is 0 Å². The number of fused-ring (bicyclic) bond motifs is 1. The summed E-state index contributed by atoms with van der Waals surface area (Å²) in [6, 6.07) is 4.34. The number of hydrogen-bond acceptors (Lipinski definition) is 2. The average Bonchev–Trinajstić information content (AvgIpc) is 2.80. The van der Waals surface area contributed by atoms with Crippen molar-refractivity contribution >= 4 is 27.6 Å². The summed E-state index contributed by atoms with van der Waals surface area (Å²) in [6.07, 6.45) is 8.85. The fourth-order valence-corrected chi connectivity index (χ4v) is 2.81. The van der Waals surface area contributed by atoms with Gasteiger partial charge < -0.3 is 0 Å². The van der Waals surface area contributed by atoms with Crippen LogP contribution in [0.15, 0.2) is 23.7 Å². The van der Waals surface area contributed by atoms with Gasteiger partial charge in [-0.3, -0.25) is 0 Å². The van der Waals surface area contributed by atoms with Crippen molar-refractivity contribution in [1.82, 2.24) is 4.98 Å². The normalized spacial score (nSPS) is 11.6. The molecule has 0 aliphatic heterocycles. The zero-order valence-corrected chi connectivity index (χ0v) is 11.1. The Bertz CT molecular complexity index is 511. The molecule has 0 bridgehead atoms. The third-order valence-corrected chi connectivity index (χ3v) is 3.77. The van der Waals surface area contributed by atoms with Crippen LogP contribution in [0.4, 0.5) is 0 Å². The number of unbranched alkanes of at least 4 members (excludes halogenated alkanes) is 2. The fourth-order valence-electron chi connectivity index (χ4n) is 2.10. The molecule has 0 aliphatic rings. The number of aryl methyl sites for hydroxylation is 1. The lowest BCUT2D eigenvalue weighted by molar-refractivity contribution is 0.718. The van der Waals surface area contributed by atoms with Crippen LogP contribution in [0, 0.1) is 6.92 Å². The second-order valence-electron chi connectivity index (χ2n) is 4.19. The number of thiazole rings is 1. The Hall–Kier alpha value is -1.15. The molecule has 1 aromatic heterocycles. The van der Waals surface area contributed by atoms with Crippen molar-refractivity contribution in [2.75, 3.05) is 0 Å². The molecule has 0 amide bonds. The lowest BCUT2D eigenvalue weighted by Crippen LogP contribution is -1.92. The summed E-state index contributed by atoms with van der Waals surface area (Å²) in [7, 11) is 0. The molecule has 0 fully saturated rings. The molecule has 0 aliphatic carbocycles. The molecule has 17 heavy (non-hydrogen) atoms. The van der Waals surface area contributed by atoms with Gasteiger partial charge in [-0.1, -0.05) is 38.0 Å². The number of aromatic nitrogens is 1. The van der Waals surface area contributed by atoms with Crippen LogP contribution in [-0.2, 0) is 6.42 Å². The van der Waals surface area contributed by atoms with Gasteiger partial charge in [0.1, 0.15) is 0 Å². The predicted molar refractivity (Wildman–Crippen MR) is 77.2 cm³/mol. The molecule has 1 heterocycles. The second kappa shape index (κ2) is 5.97. The summed E-state index contributed by atoms with van der Waals surface area (Å²) >= 11 is 1.72. The molecule has 1 aromatic carbocycles. The molecule has 0 N–H and O–H groups in total. The molecule has 2 rings (SSSR count). The van der Waals surface area contributed by atoms with Gasteiger partial charge in [-0.15, -0.1) is 11.3 Å². The summed E-state index contributed by atoms with van der Waals surface area (Å²) in [4.78, 5) is 4.50. The minimum atomic E-state index is 1.12. The number of rotatable bonds is 5. The van der Waals surface area contributed by atoms with E-state index >= 15 is 0 Å². The topological polar surface area (TPSA) is 12.9 Å². The van der Waals surface area contributed by atoms with Crippen molar-refractivity contribution in [2.45, 2.75) is 32.6 Å². The Labute approximate surface area is 107 Å². The van der Waals surface area contributed by atoms with Crippen molar-refractivity contribution in [3.63, 3.8) is 0 Å². The van der Waals surface area contributed by atoms with E-state index in [0.29, 0.717) is 0 Å². The van der Waals surface area contributed by atoms with E-state index in [1.54, 1.807) is 11.3 Å². The van der Waals surface area contributed by atoms with Crippen molar-refractivity contribution in [1.29, 1.82) is 0 Å². The van der Waals surface area contributed by atoms with E-state index < -0.39 is 0 Å². The number of benzene rings is 1.